The molecule has 1 atom stereocenters. The number of rotatable bonds is 6. The molecule has 2 amide bonds. The van der Waals surface area contributed by atoms with Crippen LogP contribution < -0.4 is 0 Å². The third-order valence-electron chi connectivity index (χ3n) is 5.83. The fourth-order valence-electron chi connectivity index (χ4n) is 4.09. The average Bonchev–Trinajstić information content (AvgIpc) is 3.04. The Morgan fingerprint density at radius 3 is 2.42 bits per heavy atom. The monoisotopic (exact) mass is 490 g/mol. The lowest BCUT2D eigenvalue weighted by atomic mass is 10.0. The quantitative estimate of drug-likeness (QED) is 0.455. The molecule has 2 aliphatic heterocycles. The van der Waals surface area contributed by atoms with Gasteiger partial charge in [-0.05, 0) is 49.1 Å². The number of carbonyl (C=O) groups excluding carboxylic acids is 3. The Bertz CT molecular complexity index is 1190. The molecule has 4 rings (SSSR count). The van der Waals surface area contributed by atoms with Crippen molar-refractivity contribution >= 4 is 39.4 Å². The summed E-state index contributed by atoms with van der Waals surface area (Å²) in [5.74, 6) is -1.42. The van der Waals surface area contributed by atoms with Crippen molar-refractivity contribution in [3.8, 4) is 0 Å². The van der Waals surface area contributed by atoms with Crippen LogP contribution in [-0.2, 0) is 14.8 Å². The van der Waals surface area contributed by atoms with Crippen molar-refractivity contribution in [2.75, 3.05) is 26.2 Å². The summed E-state index contributed by atoms with van der Waals surface area (Å²) in [4.78, 5) is 38.2. The lowest BCUT2D eigenvalue weighted by molar-refractivity contribution is 0.0420. The van der Waals surface area contributed by atoms with Gasteiger partial charge in [0.1, 0.15) is 11.5 Å². The maximum Gasteiger partial charge on any atom is 0.338 e. The molecule has 2 heterocycles. The highest BCUT2D eigenvalue weighted by Crippen LogP contribution is 2.29. The molecule has 174 valence electrons. The van der Waals surface area contributed by atoms with Crippen molar-refractivity contribution in [1.29, 1.82) is 0 Å². The second-order valence-electron chi connectivity index (χ2n) is 8.20. The van der Waals surface area contributed by atoms with E-state index in [1.807, 2.05) is 6.92 Å². The second kappa shape index (κ2) is 9.24. The smallest absolute Gasteiger partial charge is 0.338 e. The summed E-state index contributed by atoms with van der Waals surface area (Å²) in [5, 5.41) is 0.0239. The van der Waals surface area contributed by atoms with Crippen molar-refractivity contribution in [2.45, 2.75) is 24.7 Å². The molecule has 2 aliphatic rings. The number of piperidine rings is 1. The van der Waals surface area contributed by atoms with E-state index in [1.165, 1.54) is 22.5 Å². The van der Waals surface area contributed by atoms with E-state index >= 15 is 0 Å². The van der Waals surface area contributed by atoms with E-state index in [0.29, 0.717) is 24.2 Å². The topological polar surface area (TPSA) is 101 Å². The van der Waals surface area contributed by atoms with Crippen LogP contribution in [0.3, 0.4) is 0 Å². The Balaban J connectivity index is 1.43. The first-order valence-corrected chi connectivity index (χ1v) is 12.4. The molecule has 0 radical (unpaired) electrons. The van der Waals surface area contributed by atoms with Crippen LogP contribution in [0.5, 0.6) is 0 Å². The normalized spacial score (nSPS) is 19.0. The minimum Gasteiger partial charge on any atom is -0.460 e. The first kappa shape index (κ1) is 23.4. The summed E-state index contributed by atoms with van der Waals surface area (Å²) in [6.07, 6.45) is 1.72. The van der Waals surface area contributed by atoms with Gasteiger partial charge in [-0.15, -0.1) is 0 Å². The number of halogens is 1. The van der Waals surface area contributed by atoms with E-state index in [2.05, 4.69) is 0 Å². The Morgan fingerprint density at radius 2 is 1.79 bits per heavy atom. The summed E-state index contributed by atoms with van der Waals surface area (Å²) < 4.78 is 32.8. The van der Waals surface area contributed by atoms with E-state index in [-0.39, 0.29) is 34.6 Å². The molecule has 0 saturated carbocycles. The zero-order valence-electron chi connectivity index (χ0n) is 18.0. The van der Waals surface area contributed by atoms with Crippen LogP contribution in [0.25, 0.3) is 0 Å². The first-order chi connectivity index (χ1) is 15.7. The zero-order valence-corrected chi connectivity index (χ0v) is 19.6. The molecule has 0 aliphatic carbocycles. The highest BCUT2D eigenvalue weighted by molar-refractivity contribution is 7.89. The van der Waals surface area contributed by atoms with Gasteiger partial charge in [0, 0.05) is 13.1 Å². The molecule has 1 saturated heterocycles. The first-order valence-electron chi connectivity index (χ1n) is 10.6. The number of benzene rings is 2. The molecule has 8 nitrogen and oxygen atoms in total. The SMILES string of the molecule is CC1CCCN(S(=O)(=O)c2cc(C(=O)OCCN3C(=O)c4ccccc4C3=O)ccc2Cl)C1. The van der Waals surface area contributed by atoms with Crippen LogP contribution in [0, 0.1) is 5.92 Å². The number of hydrogen-bond acceptors (Lipinski definition) is 6. The van der Waals surface area contributed by atoms with Crippen LogP contribution in [-0.4, -0.2) is 61.6 Å². The number of carbonyl (C=O) groups is 3. The van der Waals surface area contributed by atoms with Gasteiger partial charge >= 0.3 is 5.97 Å². The van der Waals surface area contributed by atoms with Crippen molar-refractivity contribution < 1.29 is 27.5 Å². The largest absolute Gasteiger partial charge is 0.460 e. The number of sulfonamides is 1. The van der Waals surface area contributed by atoms with Crippen molar-refractivity contribution in [1.82, 2.24) is 9.21 Å². The fourth-order valence-corrected chi connectivity index (χ4v) is 6.19. The molecule has 33 heavy (non-hydrogen) atoms. The maximum atomic E-state index is 13.1. The summed E-state index contributed by atoms with van der Waals surface area (Å²) in [7, 11) is -3.86. The predicted octanol–water partition coefficient (Wildman–Crippen LogP) is 3.21. The lowest BCUT2D eigenvalue weighted by Crippen LogP contribution is -2.39. The number of hydrogen-bond donors (Lipinski definition) is 0. The van der Waals surface area contributed by atoms with Crippen molar-refractivity contribution in [3.63, 3.8) is 0 Å². The molecule has 1 unspecified atom stereocenters. The fraction of sp³-hybridized carbons (Fsp3) is 0.348. The third kappa shape index (κ3) is 4.53. The zero-order chi connectivity index (χ0) is 23.8. The van der Waals surface area contributed by atoms with E-state index in [1.54, 1.807) is 24.3 Å². The molecule has 0 spiro atoms. The van der Waals surface area contributed by atoms with Gasteiger partial charge in [0.05, 0.1) is 28.3 Å². The summed E-state index contributed by atoms with van der Waals surface area (Å²) >= 11 is 6.17. The standard InChI is InChI=1S/C23H23ClN2O6S/c1-15-5-4-10-25(14-15)33(30,31)20-13-16(8-9-19(20)24)23(29)32-12-11-26-21(27)17-6-2-3-7-18(17)22(26)28/h2-3,6-9,13,15H,4-5,10-12,14H2,1H3. The Labute approximate surface area is 197 Å². The van der Waals surface area contributed by atoms with E-state index in [9.17, 15) is 22.8 Å². The summed E-state index contributed by atoms with van der Waals surface area (Å²) in [5.41, 5.74) is 0.646. The number of fused-ring (bicyclic) bond motifs is 1. The number of amides is 2. The van der Waals surface area contributed by atoms with Crippen molar-refractivity contribution in [3.05, 3.63) is 64.2 Å². The molecular weight excluding hydrogens is 468 g/mol. The minimum absolute atomic E-state index is 0.0189. The predicted molar refractivity (Wildman–Crippen MR) is 121 cm³/mol. The van der Waals surface area contributed by atoms with Gasteiger partial charge in [0.15, 0.2) is 0 Å². The van der Waals surface area contributed by atoms with E-state index in [0.717, 1.165) is 17.7 Å². The molecule has 0 aromatic heterocycles. The van der Waals surface area contributed by atoms with Gasteiger partial charge in [-0.2, -0.15) is 4.31 Å². The van der Waals surface area contributed by atoms with Crippen LogP contribution >= 0.6 is 11.6 Å². The van der Waals surface area contributed by atoms with Gasteiger partial charge in [-0.1, -0.05) is 30.7 Å². The van der Waals surface area contributed by atoms with Gasteiger partial charge < -0.3 is 4.74 Å². The van der Waals surface area contributed by atoms with E-state index < -0.39 is 27.8 Å². The molecule has 1 fully saturated rings. The lowest BCUT2D eigenvalue weighted by Gasteiger charge is -2.30. The van der Waals surface area contributed by atoms with Crippen LogP contribution in [0.1, 0.15) is 50.8 Å². The van der Waals surface area contributed by atoms with Crippen molar-refractivity contribution in [2.24, 2.45) is 5.92 Å². The third-order valence-corrected chi connectivity index (χ3v) is 8.18. The average molecular weight is 491 g/mol. The molecule has 10 heteroatoms. The number of esters is 1. The van der Waals surface area contributed by atoms with Gasteiger partial charge in [-0.25, -0.2) is 13.2 Å². The highest BCUT2D eigenvalue weighted by atomic mass is 35.5. The molecule has 2 aromatic rings. The maximum absolute atomic E-state index is 13.1. The highest BCUT2D eigenvalue weighted by Gasteiger charge is 2.35. The molecular formula is C23H23ClN2O6S. The van der Waals surface area contributed by atoms with Crippen LogP contribution in [0.4, 0.5) is 0 Å². The molecule has 0 N–H and O–H groups in total. The number of imide groups is 1. The van der Waals surface area contributed by atoms with Crippen LogP contribution in [0.15, 0.2) is 47.4 Å². The van der Waals surface area contributed by atoms with Gasteiger partial charge in [-0.3, -0.25) is 14.5 Å². The Morgan fingerprint density at radius 1 is 1.12 bits per heavy atom. The second-order valence-corrected chi connectivity index (χ2v) is 10.5. The minimum atomic E-state index is -3.86. The Kier molecular flexibility index (Phi) is 6.56. The van der Waals surface area contributed by atoms with E-state index in [4.69, 9.17) is 16.3 Å². The molecule has 0 bridgehead atoms. The van der Waals surface area contributed by atoms with Crippen LogP contribution in [0.2, 0.25) is 5.02 Å². The molecule has 2 aromatic carbocycles. The Hall–Kier alpha value is -2.75. The number of nitrogens with zero attached hydrogens (tertiary/aromatic N) is 2. The number of ether oxygens (including phenoxy) is 1. The summed E-state index contributed by atoms with van der Waals surface area (Å²) in [6.45, 7) is 2.46. The summed E-state index contributed by atoms with van der Waals surface area (Å²) in [6, 6.07) is 10.4. The van der Waals surface area contributed by atoms with Gasteiger partial charge in [0.25, 0.3) is 11.8 Å². The van der Waals surface area contributed by atoms with Gasteiger partial charge in [0.2, 0.25) is 10.0 Å².